The minimum absolute atomic E-state index is 0.233. The summed E-state index contributed by atoms with van der Waals surface area (Å²) in [6.07, 6.45) is 1.51. The predicted octanol–water partition coefficient (Wildman–Crippen LogP) is 1.80. The van der Waals surface area contributed by atoms with Crippen molar-refractivity contribution in [1.82, 2.24) is 9.55 Å². The highest BCUT2D eigenvalue weighted by Crippen LogP contribution is 2.15. The van der Waals surface area contributed by atoms with Crippen molar-refractivity contribution in [3.05, 3.63) is 39.3 Å². The summed E-state index contributed by atoms with van der Waals surface area (Å²) in [5.74, 6) is -0.140. The average molecular weight is 293 g/mol. The van der Waals surface area contributed by atoms with Crippen molar-refractivity contribution in [2.24, 2.45) is 7.05 Å². The molecule has 7 heteroatoms. The number of aryl methyl sites for hydroxylation is 2. The molecule has 0 atom stereocenters. The number of ether oxygens (including phenoxy) is 1. The van der Waals surface area contributed by atoms with Gasteiger partial charge < -0.3 is 9.30 Å². The first-order valence-electron chi connectivity index (χ1n) is 6.08. The van der Waals surface area contributed by atoms with E-state index in [2.05, 4.69) is 10.3 Å². The molecule has 2 aromatic rings. The fraction of sp³-hybridized carbons (Fsp3) is 0.308. The first-order chi connectivity index (χ1) is 9.51. The summed E-state index contributed by atoms with van der Waals surface area (Å²) in [5, 5.41) is 5.01. The first kappa shape index (κ1) is 14.3. The molecule has 0 bridgehead atoms. The Balaban J connectivity index is 2.26. The van der Waals surface area contributed by atoms with E-state index in [4.69, 9.17) is 4.74 Å². The number of carbonyl (C=O) groups is 1. The van der Waals surface area contributed by atoms with Gasteiger partial charge in [0.2, 0.25) is 5.43 Å². The number of hydrogen-bond donors (Lipinski definition) is 1. The predicted molar refractivity (Wildman–Crippen MR) is 77.7 cm³/mol. The van der Waals surface area contributed by atoms with Gasteiger partial charge in [-0.1, -0.05) is 0 Å². The molecule has 2 rings (SSSR count). The fourth-order valence-electron chi connectivity index (χ4n) is 1.67. The van der Waals surface area contributed by atoms with Gasteiger partial charge >= 0.3 is 0 Å². The lowest BCUT2D eigenvalue weighted by molar-refractivity contribution is 0.101. The normalized spacial score (nSPS) is 10.3. The van der Waals surface area contributed by atoms with E-state index in [0.29, 0.717) is 11.7 Å². The van der Waals surface area contributed by atoms with Crippen LogP contribution in [-0.4, -0.2) is 22.1 Å². The number of nitrogens with zero attached hydrogens (tertiary/aromatic N) is 2. The van der Waals surface area contributed by atoms with Crippen molar-refractivity contribution in [2.45, 2.75) is 13.8 Å². The van der Waals surface area contributed by atoms with Crippen LogP contribution >= 0.6 is 11.3 Å². The standard InChI is InChI=1S/C13H15N3O3S/c1-4-19-11-6-16(3)9(5-10(11)17)12(18)15-13-14-8(2)7-20-13/h5-7H,4H2,1-3H3,(H,14,15,18). The van der Waals surface area contributed by atoms with Crippen LogP contribution in [0.25, 0.3) is 0 Å². The molecular formula is C13H15N3O3S. The number of aromatic nitrogens is 2. The average Bonchev–Trinajstić information content (AvgIpc) is 2.79. The largest absolute Gasteiger partial charge is 0.488 e. The van der Waals surface area contributed by atoms with Gasteiger partial charge in [0.15, 0.2) is 10.9 Å². The molecule has 0 saturated heterocycles. The topological polar surface area (TPSA) is 73.2 Å². The Hall–Kier alpha value is -2.15. The lowest BCUT2D eigenvalue weighted by Gasteiger charge is -2.10. The zero-order chi connectivity index (χ0) is 14.7. The summed E-state index contributed by atoms with van der Waals surface area (Å²) in [4.78, 5) is 28.1. The number of anilines is 1. The van der Waals surface area contributed by atoms with Gasteiger partial charge in [-0.2, -0.15) is 0 Å². The molecule has 0 saturated carbocycles. The molecule has 6 nitrogen and oxygen atoms in total. The van der Waals surface area contributed by atoms with Crippen molar-refractivity contribution >= 4 is 22.4 Å². The molecule has 0 spiro atoms. The van der Waals surface area contributed by atoms with Crippen LogP contribution in [0.2, 0.25) is 0 Å². The third-order valence-electron chi connectivity index (χ3n) is 2.57. The van der Waals surface area contributed by atoms with E-state index >= 15 is 0 Å². The second-order valence-corrected chi connectivity index (χ2v) is 5.04. The van der Waals surface area contributed by atoms with Crippen LogP contribution in [0, 0.1) is 6.92 Å². The Morgan fingerprint density at radius 3 is 2.90 bits per heavy atom. The molecule has 2 aromatic heterocycles. The van der Waals surface area contributed by atoms with Crippen LogP contribution in [0.4, 0.5) is 5.13 Å². The molecule has 0 aliphatic rings. The minimum Gasteiger partial charge on any atom is -0.488 e. The zero-order valence-electron chi connectivity index (χ0n) is 11.5. The molecule has 1 N–H and O–H groups in total. The number of carbonyl (C=O) groups excluding carboxylic acids is 1. The lowest BCUT2D eigenvalue weighted by Crippen LogP contribution is -2.21. The SMILES string of the molecule is CCOc1cn(C)c(C(=O)Nc2nc(C)cs2)cc1=O. The number of thiazole rings is 1. The zero-order valence-corrected chi connectivity index (χ0v) is 12.3. The number of pyridine rings is 1. The first-order valence-corrected chi connectivity index (χ1v) is 6.96. The molecule has 1 amide bonds. The summed E-state index contributed by atoms with van der Waals surface area (Å²) in [5.41, 5.74) is 0.780. The Bertz CT molecular complexity index is 690. The van der Waals surface area contributed by atoms with E-state index in [1.807, 2.05) is 12.3 Å². The Morgan fingerprint density at radius 2 is 2.30 bits per heavy atom. The van der Waals surface area contributed by atoms with Gasteiger partial charge in [-0.15, -0.1) is 11.3 Å². The number of amides is 1. The molecule has 106 valence electrons. The van der Waals surface area contributed by atoms with Crippen LogP contribution < -0.4 is 15.5 Å². The molecule has 0 fully saturated rings. The van der Waals surface area contributed by atoms with Crippen molar-refractivity contribution in [1.29, 1.82) is 0 Å². The van der Waals surface area contributed by atoms with Crippen LogP contribution in [-0.2, 0) is 7.05 Å². The second-order valence-electron chi connectivity index (χ2n) is 4.18. The van der Waals surface area contributed by atoms with Crippen molar-refractivity contribution in [3.63, 3.8) is 0 Å². The van der Waals surface area contributed by atoms with Gasteiger partial charge in [0.1, 0.15) is 5.69 Å². The summed E-state index contributed by atoms with van der Waals surface area (Å²) in [7, 11) is 1.68. The summed E-state index contributed by atoms with van der Waals surface area (Å²) < 4.78 is 6.76. The molecule has 2 heterocycles. The van der Waals surface area contributed by atoms with Crippen molar-refractivity contribution in [2.75, 3.05) is 11.9 Å². The third kappa shape index (κ3) is 3.05. The Kier molecular flexibility index (Phi) is 4.19. The van der Waals surface area contributed by atoms with E-state index in [1.54, 1.807) is 18.5 Å². The molecule has 20 heavy (non-hydrogen) atoms. The van der Waals surface area contributed by atoms with Crippen molar-refractivity contribution < 1.29 is 9.53 Å². The van der Waals surface area contributed by atoms with Crippen LogP contribution in [0.1, 0.15) is 23.1 Å². The maximum absolute atomic E-state index is 12.1. The Labute approximate surface area is 120 Å². The van der Waals surface area contributed by atoms with Gasteiger partial charge in [-0.05, 0) is 13.8 Å². The van der Waals surface area contributed by atoms with Crippen LogP contribution in [0.3, 0.4) is 0 Å². The lowest BCUT2D eigenvalue weighted by atomic mass is 10.3. The van der Waals surface area contributed by atoms with Crippen molar-refractivity contribution in [3.8, 4) is 5.75 Å². The molecule has 0 radical (unpaired) electrons. The monoisotopic (exact) mass is 293 g/mol. The highest BCUT2D eigenvalue weighted by molar-refractivity contribution is 7.13. The number of hydrogen-bond acceptors (Lipinski definition) is 5. The van der Waals surface area contributed by atoms with Gasteiger partial charge in [0.05, 0.1) is 18.5 Å². The summed E-state index contributed by atoms with van der Waals surface area (Å²) in [6, 6.07) is 1.26. The van der Waals surface area contributed by atoms with E-state index < -0.39 is 0 Å². The quantitative estimate of drug-likeness (QED) is 0.933. The molecule has 0 aliphatic carbocycles. The molecular weight excluding hydrogens is 278 g/mol. The maximum Gasteiger partial charge on any atom is 0.274 e. The number of nitrogens with one attached hydrogen (secondary N) is 1. The van der Waals surface area contributed by atoms with E-state index in [9.17, 15) is 9.59 Å². The van der Waals surface area contributed by atoms with E-state index in [0.717, 1.165) is 5.69 Å². The van der Waals surface area contributed by atoms with Crippen LogP contribution in [0.5, 0.6) is 5.75 Å². The van der Waals surface area contributed by atoms with Crippen LogP contribution in [0.15, 0.2) is 22.4 Å². The smallest absolute Gasteiger partial charge is 0.274 e. The van der Waals surface area contributed by atoms with Gasteiger partial charge in [0, 0.05) is 18.5 Å². The molecule has 0 aliphatic heterocycles. The summed E-state index contributed by atoms with van der Waals surface area (Å²) in [6.45, 7) is 4.04. The van der Waals surface area contributed by atoms with Gasteiger partial charge in [-0.3, -0.25) is 14.9 Å². The van der Waals surface area contributed by atoms with E-state index in [1.165, 1.54) is 23.6 Å². The third-order valence-corrected chi connectivity index (χ3v) is 3.45. The molecule has 0 unspecified atom stereocenters. The molecule has 0 aromatic carbocycles. The minimum atomic E-state index is -0.373. The second kappa shape index (κ2) is 5.87. The fourth-order valence-corrected chi connectivity index (χ4v) is 2.35. The summed E-state index contributed by atoms with van der Waals surface area (Å²) >= 11 is 1.34. The van der Waals surface area contributed by atoms with Gasteiger partial charge in [-0.25, -0.2) is 4.98 Å². The highest BCUT2D eigenvalue weighted by atomic mass is 32.1. The number of rotatable bonds is 4. The van der Waals surface area contributed by atoms with E-state index in [-0.39, 0.29) is 22.8 Å². The Morgan fingerprint density at radius 1 is 1.55 bits per heavy atom. The van der Waals surface area contributed by atoms with Gasteiger partial charge in [0.25, 0.3) is 5.91 Å². The maximum atomic E-state index is 12.1. The highest BCUT2D eigenvalue weighted by Gasteiger charge is 2.14.